The summed E-state index contributed by atoms with van der Waals surface area (Å²) in [5, 5.41) is 4.39. The third kappa shape index (κ3) is 6.06. The number of nitrogens with one attached hydrogen (secondary N) is 1. The van der Waals surface area contributed by atoms with Gasteiger partial charge >= 0.3 is 0 Å². The number of benzene rings is 3. The SMILES string of the molecule is CC(=O)c1nc(N2CCc3cccc(C(=O)Nc4nc5ccccc5s4)c3C2)sc1CCCOc1ccc(CN)cc1. The van der Waals surface area contributed by atoms with E-state index in [-0.39, 0.29) is 11.7 Å². The van der Waals surface area contributed by atoms with E-state index in [9.17, 15) is 9.59 Å². The molecule has 2 aromatic heterocycles. The molecular formula is C32H31N5O3S2. The summed E-state index contributed by atoms with van der Waals surface area (Å²) >= 11 is 3.02. The highest BCUT2D eigenvalue weighted by molar-refractivity contribution is 7.22. The molecule has 0 saturated heterocycles. The number of nitrogens with two attached hydrogens (primary N) is 1. The predicted molar refractivity (Wildman–Crippen MR) is 169 cm³/mol. The van der Waals surface area contributed by atoms with Crippen molar-refractivity contribution in [2.75, 3.05) is 23.4 Å². The lowest BCUT2D eigenvalue weighted by molar-refractivity contribution is 0.100. The number of amides is 1. The summed E-state index contributed by atoms with van der Waals surface area (Å²) in [5.74, 6) is 0.590. The maximum Gasteiger partial charge on any atom is 0.257 e. The fourth-order valence-electron chi connectivity index (χ4n) is 5.11. The Kier molecular flexibility index (Phi) is 8.27. The van der Waals surface area contributed by atoms with Crippen LogP contribution in [0.15, 0.2) is 66.7 Å². The average Bonchev–Trinajstić information content (AvgIpc) is 3.63. The second kappa shape index (κ2) is 12.4. The molecule has 0 unspecified atom stereocenters. The van der Waals surface area contributed by atoms with Crippen LogP contribution in [0.3, 0.4) is 0 Å². The fraction of sp³-hybridized carbons (Fsp3) is 0.250. The van der Waals surface area contributed by atoms with Crippen LogP contribution in [0.2, 0.25) is 0 Å². The first-order chi connectivity index (χ1) is 20.5. The van der Waals surface area contributed by atoms with Crippen LogP contribution in [0.1, 0.15) is 55.8 Å². The number of rotatable bonds is 10. The number of anilines is 2. The molecule has 42 heavy (non-hydrogen) atoms. The Morgan fingerprint density at radius 1 is 1.02 bits per heavy atom. The molecule has 0 radical (unpaired) electrons. The van der Waals surface area contributed by atoms with Crippen molar-refractivity contribution in [1.29, 1.82) is 0 Å². The van der Waals surface area contributed by atoms with Crippen LogP contribution in [-0.4, -0.2) is 34.8 Å². The number of aryl methyl sites for hydroxylation is 1. The standard InChI is InChI=1S/C32H31N5O3S2/c1-20(38)29-28(10-5-17-40-23-13-11-21(18-33)12-14-23)42-32(35-29)37-16-15-22-6-4-7-24(25(22)19-37)30(39)36-31-34-26-8-2-3-9-27(26)41-31/h2-4,6-9,11-14H,5,10,15-19,33H2,1H3,(H,34,36,39). The summed E-state index contributed by atoms with van der Waals surface area (Å²) in [6.07, 6.45) is 2.26. The van der Waals surface area contributed by atoms with Crippen molar-refractivity contribution in [1.82, 2.24) is 9.97 Å². The van der Waals surface area contributed by atoms with Gasteiger partial charge in [0.25, 0.3) is 5.91 Å². The second-order valence-corrected chi connectivity index (χ2v) is 12.3. The van der Waals surface area contributed by atoms with Crippen molar-refractivity contribution in [2.24, 2.45) is 5.73 Å². The molecule has 1 aliphatic heterocycles. The zero-order valence-electron chi connectivity index (χ0n) is 23.3. The minimum atomic E-state index is -0.172. The first-order valence-corrected chi connectivity index (χ1v) is 15.6. The summed E-state index contributed by atoms with van der Waals surface area (Å²) in [6, 6.07) is 21.5. The lowest BCUT2D eigenvalue weighted by Gasteiger charge is -2.29. The number of hydrogen-bond acceptors (Lipinski definition) is 9. The van der Waals surface area contributed by atoms with Crippen molar-refractivity contribution in [3.63, 3.8) is 0 Å². The quantitative estimate of drug-likeness (QED) is 0.145. The third-order valence-electron chi connectivity index (χ3n) is 7.30. The van der Waals surface area contributed by atoms with E-state index in [2.05, 4.69) is 21.3 Å². The lowest BCUT2D eigenvalue weighted by atomic mass is 9.94. The largest absolute Gasteiger partial charge is 0.494 e. The molecule has 0 aliphatic carbocycles. The molecule has 0 atom stereocenters. The summed E-state index contributed by atoms with van der Waals surface area (Å²) in [7, 11) is 0. The van der Waals surface area contributed by atoms with E-state index < -0.39 is 0 Å². The number of para-hydroxylation sites is 1. The Balaban J connectivity index is 1.14. The van der Waals surface area contributed by atoms with Gasteiger partial charge in [-0.05, 0) is 66.3 Å². The highest BCUT2D eigenvalue weighted by Crippen LogP contribution is 2.33. The van der Waals surface area contributed by atoms with E-state index >= 15 is 0 Å². The monoisotopic (exact) mass is 597 g/mol. The summed E-state index contributed by atoms with van der Waals surface area (Å²) in [5.41, 5.74) is 10.9. The van der Waals surface area contributed by atoms with Crippen LogP contribution < -0.4 is 20.7 Å². The van der Waals surface area contributed by atoms with Gasteiger partial charge in [0.05, 0.1) is 16.8 Å². The number of nitrogens with zero attached hydrogens (tertiary/aromatic N) is 3. The molecule has 0 saturated carbocycles. The van der Waals surface area contributed by atoms with Crippen LogP contribution in [0.5, 0.6) is 5.75 Å². The summed E-state index contributed by atoms with van der Waals surface area (Å²) in [4.78, 5) is 38.3. The Bertz CT molecular complexity index is 1710. The number of carbonyl (C=O) groups is 2. The van der Waals surface area contributed by atoms with E-state index in [0.29, 0.717) is 42.5 Å². The van der Waals surface area contributed by atoms with Crippen LogP contribution in [0, 0.1) is 0 Å². The Morgan fingerprint density at radius 3 is 2.64 bits per heavy atom. The van der Waals surface area contributed by atoms with E-state index in [4.69, 9.17) is 15.5 Å². The van der Waals surface area contributed by atoms with Gasteiger partial charge in [0.2, 0.25) is 0 Å². The van der Waals surface area contributed by atoms with Crippen LogP contribution >= 0.6 is 22.7 Å². The van der Waals surface area contributed by atoms with Gasteiger partial charge in [0.1, 0.15) is 11.4 Å². The molecule has 1 aliphatic rings. The topological polar surface area (TPSA) is 110 Å². The third-order valence-corrected chi connectivity index (χ3v) is 9.43. The molecule has 8 nitrogen and oxygen atoms in total. The molecule has 3 heterocycles. The van der Waals surface area contributed by atoms with Gasteiger partial charge in [-0.15, -0.1) is 11.3 Å². The molecule has 0 fully saturated rings. The molecular weight excluding hydrogens is 567 g/mol. The number of aromatic nitrogens is 2. The number of thiazole rings is 2. The van der Waals surface area contributed by atoms with E-state index in [1.807, 2.05) is 60.7 Å². The normalized spacial score (nSPS) is 12.8. The maximum absolute atomic E-state index is 13.4. The molecule has 3 N–H and O–H groups in total. The van der Waals surface area contributed by atoms with E-state index in [1.54, 1.807) is 18.3 Å². The van der Waals surface area contributed by atoms with Gasteiger partial charge in [0.15, 0.2) is 16.0 Å². The van der Waals surface area contributed by atoms with Gasteiger partial charge in [-0.25, -0.2) is 9.97 Å². The maximum atomic E-state index is 13.4. The van der Waals surface area contributed by atoms with Gasteiger partial charge in [0, 0.05) is 37.0 Å². The first kappa shape index (κ1) is 28.0. The molecule has 0 spiro atoms. The predicted octanol–water partition coefficient (Wildman–Crippen LogP) is 6.24. The van der Waals surface area contributed by atoms with Crippen molar-refractivity contribution in [3.05, 3.63) is 99.6 Å². The molecule has 10 heteroatoms. The highest BCUT2D eigenvalue weighted by atomic mass is 32.1. The first-order valence-electron chi connectivity index (χ1n) is 13.9. The zero-order chi connectivity index (χ0) is 29.1. The molecule has 214 valence electrons. The van der Waals surface area contributed by atoms with Crippen molar-refractivity contribution >= 4 is 54.8 Å². The number of ether oxygens (including phenoxy) is 1. The number of carbonyl (C=O) groups excluding carboxylic acids is 2. The van der Waals surface area contributed by atoms with Gasteiger partial charge < -0.3 is 15.4 Å². The number of ketones is 1. The highest BCUT2D eigenvalue weighted by Gasteiger charge is 2.26. The van der Waals surface area contributed by atoms with Crippen LogP contribution in [0.25, 0.3) is 10.2 Å². The second-order valence-electron chi connectivity index (χ2n) is 10.2. The minimum Gasteiger partial charge on any atom is -0.494 e. The minimum absolute atomic E-state index is 0.0425. The van der Waals surface area contributed by atoms with Crippen molar-refractivity contribution in [3.8, 4) is 5.75 Å². The Morgan fingerprint density at radius 2 is 1.86 bits per heavy atom. The molecule has 6 rings (SSSR count). The van der Waals surface area contributed by atoms with Crippen molar-refractivity contribution in [2.45, 2.75) is 39.3 Å². The molecule has 3 aromatic carbocycles. The number of Topliss-reactive ketones (excluding diaryl/α,β-unsaturated/α-hetero) is 1. The van der Waals surface area contributed by atoms with Crippen LogP contribution in [-0.2, 0) is 25.9 Å². The lowest BCUT2D eigenvalue weighted by Crippen LogP contribution is -2.32. The Labute approximate surface area is 252 Å². The number of fused-ring (bicyclic) bond motifs is 2. The van der Waals surface area contributed by atoms with Gasteiger partial charge in [-0.2, -0.15) is 0 Å². The van der Waals surface area contributed by atoms with E-state index in [1.165, 1.54) is 11.3 Å². The molecule has 0 bridgehead atoms. The van der Waals surface area contributed by atoms with Gasteiger partial charge in [-0.3, -0.25) is 14.9 Å². The molecule has 5 aromatic rings. The molecule has 1 amide bonds. The summed E-state index contributed by atoms with van der Waals surface area (Å²) < 4.78 is 6.92. The smallest absolute Gasteiger partial charge is 0.257 e. The number of hydrogen-bond donors (Lipinski definition) is 2. The average molecular weight is 598 g/mol. The fourth-order valence-corrected chi connectivity index (χ4v) is 7.15. The van der Waals surface area contributed by atoms with Crippen LogP contribution in [0.4, 0.5) is 10.3 Å². The zero-order valence-corrected chi connectivity index (χ0v) is 24.9. The summed E-state index contributed by atoms with van der Waals surface area (Å²) in [6.45, 7) is 3.92. The van der Waals surface area contributed by atoms with Crippen molar-refractivity contribution < 1.29 is 14.3 Å². The van der Waals surface area contributed by atoms with Gasteiger partial charge in [-0.1, -0.05) is 47.7 Å². The van der Waals surface area contributed by atoms with E-state index in [0.717, 1.165) is 62.1 Å². The Hall–Kier alpha value is -4.12.